The second-order valence-corrected chi connectivity index (χ2v) is 10.6. The van der Waals surface area contributed by atoms with Crippen LogP contribution in [0.1, 0.15) is 0 Å². The molecule has 0 N–H and O–H groups in total. The largest absolute Gasteiger partial charge is 0.310 e. The predicted octanol–water partition coefficient (Wildman–Crippen LogP) is 11.1. The van der Waals surface area contributed by atoms with Gasteiger partial charge in [-0.3, -0.25) is 0 Å². The topological polar surface area (TPSA) is 8.17 Å². The summed E-state index contributed by atoms with van der Waals surface area (Å²) < 4.78 is 2.46. The van der Waals surface area contributed by atoms with E-state index in [1.54, 1.807) is 0 Å². The Morgan fingerprint density at radius 1 is 0.429 bits per heavy atom. The number of rotatable bonds is 5. The first-order valence-corrected chi connectivity index (χ1v) is 14.4. The second-order valence-electron chi connectivity index (χ2n) is 10.6. The third-order valence-electron chi connectivity index (χ3n) is 8.12. The van der Waals surface area contributed by atoms with E-state index in [2.05, 4.69) is 179 Å². The number of hydrogen-bond acceptors (Lipinski definition) is 1. The van der Waals surface area contributed by atoms with Crippen molar-refractivity contribution in [2.24, 2.45) is 0 Å². The SMILES string of the molecule is c1ccc(-c2cccc(-n3c4ccccc4c4c(N(c5ccccc5)c5ccccc5)cc5ccccc5c43)c2)cc1. The van der Waals surface area contributed by atoms with E-state index in [4.69, 9.17) is 0 Å². The van der Waals surface area contributed by atoms with Gasteiger partial charge in [-0.15, -0.1) is 0 Å². The zero-order valence-electron chi connectivity index (χ0n) is 23.1. The fraction of sp³-hybridized carbons (Fsp3) is 0. The highest BCUT2D eigenvalue weighted by Crippen LogP contribution is 2.46. The summed E-state index contributed by atoms with van der Waals surface area (Å²) in [5, 5.41) is 4.91. The third-order valence-corrected chi connectivity index (χ3v) is 8.12. The van der Waals surface area contributed by atoms with Crippen LogP contribution in [0.15, 0.2) is 170 Å². The zero-order valence-corrected chi connectivity index (χ0v) is 23.1. The van der Waals surface area contributed by atoms with Gasteiger partial charge < -0.3 is 9.47 Å². The summed E-state index contributed by atoms with van der Waals surface area (Å²) in [5.41, 5.74) is 9.39. The minimum atomic E-state index is 1.13. The van der Waals surface area contributed by atoms with Crippen LogP contribution in [-0.2, 0) is 0 Å². The van der Waals surface area contributed by atoms with Crippen molar-refractivity contribution in [3.8, 4) is 16.8 Å². The van der Waals surface area contributed by atoms with E-state index in [0.29, 0.717) is 0 Å². The lowest BCUT2D eigenvalue weighted by atomic mass is 10.0. The van der Waals surface area contributed by atoms with Crippen LogP contribution in [0.5, 0.6) is 0 Å². The third kappa shape index (κ3) is 3.96. The van der Waals surface area contributed by atoms with E-state index in [1.807, 2.05) is 0 Å². The lowest BCUT2D eigenvalue weighted by Gasteiger charge is -2.27. The quantitative estimate of drug-likeness (QED) is 0.212. The molecule has 0 spiro atoms. The van der Waals surface area contributed by atoms with Crippen molar-refractivity contribution in [3.63, 3.8) is 0 Å². The number of anilines is 3. The second kappa shape index (κ2) is 10.1. The van der Waals surface area contributed by atoms with E-state index >= 15 is 0 Å². The Kier molecular flexibility index (Phi) is 5.82. The van der Waals surface area contributed by atoms with Crippen LogP contribution in [0.25, 0.3) is 49.4 Å². The Balaban J connectivity index is 1.52. The van der Waals surface area contributed by atoms with E-state index in [-0.39, 0.29) is 0 Å². The number of fused-ring (bicyclic) bond motifs is 5. The number of para-hydroxylation sites is 3. The summed E-state index contributed by atoms with van der Waals surface area (Å²) in [5.74, 6) is 0. The molecule has 0 fully saturated rings. The van der Waals surface area contributed by atoms with Gasteiger partial charge in [-0.2, -0.15) is 0 Å². The molecule has 8 rings (SSSR count). The Morgan fingerprint density at radius 2 is 1.00 bits per heavy atom. The van der Waals surface area contributed by atoms with Crippen LogP contribution in [-0.4, -0.2) is 4.57 Å². The van der Waals surface area contributed by atoms with Gasteiger partial charge in [0.25, 0.3) is 0 Å². The van der Waals surface area contributed by atoms with E-state index in [1.165, 1.54) is 43.7 Å². The standard InChI is InChI=1S/C40H28N2/c1-4-15-29(16-5-1)30-18-14-23-34(27-30)42-37-26-13-12-25-36(37)39-38(28-31-17-10-11-24-35(31)40(39)42)41(32-19-6-2-7-20-32)33-21-8-3-9-22-33/h1-28H. The molecule has 1 heterocycles. The molecule has 0 atom stereocenters. The van der Waals surface area contributed by atoms with Crippen molar-refractivity contribution < 1.29 is 0 Å². The highest BCUT2D eigenvalue weighted by molar-refractivity contribution is 6.24. The van der Waals surface area contributed by atoms with E-state index in [9.17, 15) is 0 Å². The Hall–Kier alpha value is -5.60. The van der Waals surface area contributed by atoms with Crippen LogP contribution >= 0.6 is 0 Å². The number of benzene rings is 7. The zero-order chi connectivity index (χ0) is 27.9. The predicted molar refractivity (Wildman–Crippen MR) is 178 cm³/mol. The maximum Gasteiger partial charge on any atom is 0.0640 e. The fourth-order valence-corrected chi connectivity index (χ4v) is 6.29. The highest BCUT2D eigenvalue weighted by Gasteiger charge is 2.23. The molecule has 2 heteroatoms. The van der Waals surface area contributed by atoms with Gasteiger partial charge in [0.15, 0.2) is 0 Å². The van der Waals surface area contributed by atoms with Gasteiger partial charge in [0.2, 0.25) is 0 Å². The number of nitrogens with zero attached hydrogens (tertiary/aromatic N) is 2. The maximum atomic E-state index is 2.46. The molecule has 198 valence electrons. The van der Waals surface area contributed by atoms with Crippen molar-refractivity contribution in [1.29, 1.82) is 0 Å². The van der Waals surface area contributed by atoms with Crippen LogP contribution in [0.3, 0.4) is 0 Å². The van der Waals surface area contributed by atoms with Gasteiger partial charge in [-0.05, 0) is 65.0 Å². The molecule has 0 saturated heterocycles. The number of hydrogen-bond donors (Lipinski definition) is 0. The summed E-state index contributed by atoms with van der Waals surface area (Å²) in [7, 11) is 0. The van der Waals surface area contributed by atoms with Crippen molar-refractivity contribution in [2.75, 3.05) is 4.90 Å². The Morgan fingerprint density at radius 3 is 1.71 bits per heavy atom. The first kappa shape index (κ1) is 24.2. The molecular weight excluding hydrogens is 508 g/mol. The summed E-state index contributed by atoms with van der Waals surface area (Å²) in [6.45, 7) is 0. The molecule has 0 radical (unpaired) electrons. The average Bonchev–Trinajstić information content (AvgIpc) is 3.42. The first-order valence-electron chi connectivity index (χ1n) is 14.4. The molecular formula is C40H28N2. The minimum absolute atomic E-state index is 1.13. The molecule has 0 aliphatic heterocycles. The van der Waals surface area contributed by atoms with Crippen molar-refractivity contribution >= 4 is 49.6 Å². The molecule has 8 aromatic rings. The summed E-state index contributed by atoms with van der Waals surface area (Å²) in [6, 6.07) is 60.8. The van der Waals surface area contributed by atoms with E-state index < -0.39 is 0 Å². The lowest BCUT2D eigenvalue weighted by molar-refractivity contribution is 1.19. The molecule has 0 aliphatic rings. The maximum absolute atomic E-state index is 2.46. The minimum Gasteiger partial charge on any atom is -0.310 e. The molecule has 1 aromatic heterocycles. The molecule has 2 nitrogen and oxygen atoms in total. The molecule has 0 bridgehead atoms. The molecule has 0 amide bonds. The van der Waals surface area contributed by atoms with Crippen molar-refractivity contribution in [3.05, 3.63) is 170 Å². The summed E-state index contributed by atoms with van der Waals surface area (Å²) in [4.78, 5) is 2.39. The van der Waals surface area contributed by atoms with Crippen LogP contribution < -0.4 is 4.90 Å². The molecule has 0 aliphatic carbocycles. The molecule has 7 aromatic carbocycles. The van der Waals surface area contributed by atoms with Gasteiger partial charge in [0.1, 0.15) is 0 Å². The van der Waals surface area contributed by atoms with Gasteiger partial charge in [0.05, 0.1) is 16.7 Å². The Bertz CT molecular complexity index is 2140. The normalized spacial score (nSPS) is 11.3. The average molecular weight is 537 g/mol. The highest BCUT2D eigenvalue weighted by atomic mass is 15.1. The van der Waals surface area contributed by atoms with Crippen LogP contribution in [0.2, 0.25) is 0 Å². The van der Waals surface area contributed by atoms with Gasteiger partial charge >= 0.3 is 0 Å². The van der Waals surface area contributed by atoms with Crippen molar-refractivity contribution in [1.82, 2.24) is 4.57 Å². The number of aromatic nitrogens is 1. The van der Waals surface area contributed by atoms with E-state index in [0.717, 1.165) is 22.7 Å². The fourth-order valence-electron chi connectivity index (χ4n) is 6.29. The lowest BCUT2D eigenvalue weighted by Crippen LogP contribution is -2.10. The molecule has 0 saturated carbocycles. The van der Waals surface area contributed by atoms with Crippen LogP contribution in [0.4, 0.5) is 17.1 Å². The van der Waals surface area contributed by atoms with Crippen molar-refractivity contribution in [2.45, 2.75) is 0 Å². The Labute approximate surface area is 245 Å². The molecule has 0 unspecified atom stereocenters. The van der Waals surface area contributed by atoms with Gasteiger partial charge in [-0.1, -0.05) is 121 Å². The monoisotopic (exact) mass is 536 g/mol. The smallest absolute Gasteiger partial charge is 0.0640 e. The van der Waals surface area contributed by atoms with Crippen LogP contribution in [0, 0.1) is 0 Å². The first-order chi connectivity index (χ1) is 20.9. The summed E-state index contributed by atoms with van der Waals surface area (Å²) in [6.07, 6.45) is 0. The van der Waals surface area contributed by atoms with Gasteiger partial charge in [-0.25, -0.2) is 0 Å². The molecule has 42 heavy (non-hydrogen) atoms. The summed E-state index contributed by atoms with van der Waals surface area (Å²) >= 11 is 0. The van der Waals surface area contributed by atoms with Gasteiger partial charge in [0, 0.05) is 33.2 Å².